The lowest BCUT2D eigenvalue weighted by Gasteiger charge is -2.44. The zero-order valence-electron chi connectivity index (χ0n) is 17.4. The molecule has 1 aliphatic heterocycles. The average molecular weight is 435 g/mol. The molecule has 31 heavy (non-hydrogen) atoms. The van der Waals surface area contributed by atoms with Crippen LogP contribution < -0.4 is 10.2 Å². The van der Waals surface area contributed by atoms with Crippen LogP contribution in [0.25, 0.3) is 10.9 Å². The van der Waals surface area contributed by atoms with Gasteiger partial charge in [-0.2, -0.15) is 5.26 Å². The minimum Gasteiger partial charge on any atom is -0.351 e. The number of fused-ring (bicyclic) bond motifs is 1. The molecule has 0 aliphatic carbocycles. The van der Waals surface area contributed by atoms with E-state index in [2.05, 4.69) is 49.1 Å². The van der Waals surface area contributed by atoms with Crippen LogP contribution in [0, 0.1) is 17.4 Å². The first-order valence-corrected chi connectivity index (χ1v) is 10.5. The van der Waals surface area contributed by atoms with Crippen LogP contribution in [0.1, 0.15) is 13.8 Å². The highest BCUT2D eigenvalue weighted by molar-refractivity contribution is 6.29. The van der Waals surface area contributed by atoms with Gasteiger partial charge < -0.3 is 15.1 Å². The zero-order valence-corrected chi connectivity index (χ0v) is 18.2. The molecule has 1 fully saturated rings. The van der Waals surface area contributed by atoms with Crippen LogP contribution >= 0.6 is 11.6 Å². The molecule has 0 spiro atoms. The second-order valence-corrected chi connectivity index (χ2v) is 8.09. The van der Waals surface area contributed by atoms with E-state index < -0.39 is 0 Å². The molecule has 1 aromatic carbocycles. The predicted molar refractivity (Wildman–Crippen MR) is 123 cm³/mol. The molecule has 0 bridgehead atoms. The molecule has 1 saturated heterocycles. The van der Waals surface area contributed by atoms with Gasteiger partial charge in [-0.25, -0.2) is 0 Å². The molecule has 1 atom stereocenters. The first-order chi connectivity index (χ1) is 15.1. The number of anilines is 2. The van der Waals surface area contributed by atoms with Crippen molar-refractivity contribution in [1.82, 2.24) is 20.1 Å². The Morgan fingerprint density at radius 3 is 2.81 bits per heavy atom. The van der Waals surface area contributed by atoms with Gasteiger partial charge in [-0.1, -0.05) is 31.5 Å². The number of nitrogens with zero attached hydrogens (tertiary/aromatic N) is 7. The summed E-state index contributed by atoms with van der Waals surface area (Å²) < 4.78 is 0. The van der Waals surface area contributed by atoms with E-state index >= 15 is 0 Å². The summed E-state index contributed by atoms with van der Waals surface area (Å²) in [6.45, 7) is 6.48. The summed E-state index contributed by atoms with van der Waals surface area (Å²) in [7, 11) is 0. The molecular formula is C22H23ClN8. The summed E-state index contributed by atoms with van der Waals surface area (Å²) in [6, 6.07) is 13.5. The van der Waals surface area contributed by atoms with Crippen LogP contribution in [0.5, 0.6) is 0 Å². The Kier molecular flexibility index (Phi) is 6.14. The Bertz CT molecular complexity index is 1120. The van der Waals surface area contributed by atoms with Crippen LogP contribution in [0.3, 0.4) is 0 Å². The van der Waals surface area contributed by atoms with Gasteiger partial charge in [0.1, 0.15) is 0 Å². The molecule has 1 unspecified atom stereocenters. The summed E-state index contributed by atoms with van der Waals surface area (Å²) in [5.74, 6) is 1.66. The van der Waals surface area contributed by atoms with Crippen molar-refractivity contribution >= 4 is 40.0 Å². The Labute approximate surface area is 186 Å². The van der Waals surface area contributed by atoms with Crippen LogP contribution in [-0.4, -0.2) is 51.7 Å². The van der Waals surface area contributed by atoms with E-state index in [-0.39, 0.29) is 6.04 Å². The molecule has 2 aromatic heterocycles. The number of aliphatic imine (C=N–C) groups is 1. The quantitative estimate of drug-likeness (QED) is 0.381. The fourth-order valence-corrected chi connectivity index (χ4v) is 3.97. The Balaban J connectivity index is 1.61. The second-order valence-electron chi connectivity index (χ2n) is 7.70. The normalized spacial score (nSPS) is 17.1. The Morgan fingerprint density at radius 1 is 1.19 bits per heavy atom. The van der Waals surface area contributed by atoms with Gasteiger partial charge in [0.25, 0.3) is 0 Å². The number of hydrogen-bond donors (Lipinski definition) is 1. The third-order valence-corrected chi connectivity index (χ3v) is 5.65. The van der Waals surface area contributed by atoms with Gasteiger partial charge >= 0.3 is 0 Å². The maximum absolute atomic E-state index is 9.38. The topological polar surface area (TPSA) is 93.3 Å². The highest BCUT2D eigenvalue weighted by atomic mass is 35.5. The largest absolute Gasteiger partial charge is 0.351 e. The molecule has 3 aromatic rings. The van der Waals surface area contributed by atoms with Crippen LogP contribution in [0.2, 0.25) is 5.15 Å². The zero-order chi connectivity index (χ0) is 21.8. The molecule has 0 saturated carbocycles. The van der Waals surface area contributed by atoms with Crippen molar-refractivity contribution in [2.45, 2.75) is 19.9 Å². The molecule has 1 N–H and O–H groups in total. The first kappa shape index (κ1) is 20.8. The third-order valence-electron chi connectivity index (χ3n) is 5.45. The van der Waals surface area contributed by atoms with Crippen molar-refractivity contribution < 1.29 is 0 Å². The number of nitriles is 1. The van der Waals surface area contributed by atoms with Gasteiger partial charge in [-0.15, -0.1) is 15.2 Å². The number of aromatic nitrogens is 3. The van der Waals surface area contributed by atoms with Crippen LogP contribution in [0.4, 0.5) is 11.5 Å². The summed E-state index contributed by atoms with van der Waals surface area (Å²) in [6.07, 6.45) is 3.73. The minimum absolute atomic E-state index is 0.124. The molecule has 1 aliphatic rings. The van der Waals surface area contributed by atoms with E-state index in [0.717, 1.165) is 35.5 Å². The minimum atomic E-state index is 0.124. The molecular weight excluding hydrogens is 412 g/mol. The number of pyridine rings is 1. The number of hydrogen-bond acceptors (Lipinski definition) is 6. The van der Waals surface area contributed by atoms with Crippen molar-refractivity contribution in [2.24, 2.45) is 10.9 Å². The van der Waals surface area contributed by atoms with Crippen LogP contribution in [0.15, 0.2) is 53.7 Å². The summed E-state index contributed by atoms with van der Waals surface area (Å²) in [5, 5.41) is 22.3. The van der Waals surface area contributed by atoms with Crippen molar-refractivity contribution in [1.29, 1.82) is 5.26 Å². The number of benzene rings is 1. The summed E-state index contributed by atoms with van der Waals surface area (Å²) >= 11 is 5.89. The monoisotopic (exact) mass is 434 g/mol. The lowest BCUT2D eigenvalue weighted by atomic mass is 9.99. The summed E-state index contributed by atoms with van der Waals surface area (Å²) in [4.78, 5) is 12.9. The first-order valence-electron chi connectivity index (χ1n) is 10.1. The molecule has 9 heteroatoms. The molecule has 0 radical (unpaired) electrons. The Hall–Kier alpha value is -3.44. The lowest BCUT2D eigenvalue weighted by molar-refractivity contribution is 0.224. The fourth-order valence-electron chi connectivity index (χ4n) is 3.87. The SMILES string of the molecule is CC(C)C1CN(c2ccc(Cl)nn2)CCN1/C(=N\C#N)Nc1cccc2ncccc12. The molecule has 8 nitrogen and oxygen atoms in total. The van der Waals surface area contributed by atoms with Gasteiger partial charge in [0.05, 0.1) is 17.2 Å². The predicted octanol–water partition coefficient (Wildman–Crippen LogP) is 3.77. The molecule has 0 amide bonds. The van der Waals surface area contributed by atoms with Gasteiger partial charge in [0, 0.05) is 31.2 Å². The summed E-state index contributed by atoms with van der Waals surface area (Å²) in [5.41, 5.74) is 1.75. The van der Waals surface area contributed by atoms with Gasteiger partial charge in [0.2, 0.25) is 12.2 Å². The van der Waals surface area contributed by atoms with E-state index in [1.807, 2.05) is 42.6 Å². The number of halogens is 1. The maximum atomic E-state index is 9.38. The van der Waals surface area contributed by atoms with E-state index in [9.17, 15) is 5.26 Å². The Morgan fingerprint density at radius 2 is 2.06 bits per heavy atom. The molecule has 3 heterocycles. The van der Waals surface area contributed by atoms with Gasteiger partial charge in [-0.3, -0.25) is 4.98 Å². The van der Waals surface area contributed by atoms with Crippen molar-refractivity contribution in [3.63, 3.8) is 0 Å². The van der Waals surface area contributed by atoms with E-state index in [1.165, 1.54) is 0 Å². The van der Waals surface area contributed by atoms with E-state index in [1.54, 1.807) is 12.3 Å². The molecule has 4 rings (SSSR count). The fraction of sp³-hybridized carbons (Fsp3) is 0.318. The maximum Gasteiger partial charge on any atom is 0.214 e. The van der Waals surface area contributed by atoms with Crippen LogP contribution in [-0.2, 0) is 0 Å². The molecule has 158 valence electrons. The van der Waals surface area contributed by atoms with Crippen molar-refractivity contribution in [2.75, 3.05) is 29.9 Å². The van der Waals surface area contributed by atoms with Gasteiger partial charge in [0.15, 0.2) is 11.0 Å². The number of rotatable bonds is 3. The average Bonchev–Trinajstić information content (AvgIpc) is 2.79. The lowest BCUT2D eigenvalue weighted by Crippen LogP contribution is -2.58. The van der Waals surface area contributed by atoms with Crippen molar-refractivity contribution in [3.8, 4) is 6.19 Å². The van der Waals surface area contributed by atoms with E-state index in [0.29, 0.717) is 23.6 Å². The standard InChI is InChI=1S/C22H23ClN8/c1-15(2)19-13-30(21-9-8-20(23)28-29-21)11-12-31(19)22(26-14-24)27-18-7-3-6-17-16(18)5-4-10-25-17/h3-10,15,19H,11-13H2,1-2H3,(H,26,27). The van der Waals surface area contributed by atoms with Crippen molar-refractivity contribution in [3.05, 3.63) is 53.8 Å². The second kappa shape index (κ2) is 9.14. The smallest absolute Gasteiger partial charge is 0.214 e. The van der Waals surface area contributed by atoms with Gasteiger partial charge in [-0.05, 0) is 42.3 Å². The third kappa shape index (κ3) is 4.52. The highest BCUT2D eigenvalue weighted by Crippen LogP contribution is 2.25. The number of guanidine groups is 1. The number of piperazine rings is 1. The van der Waals surface area contributed by atoms with E-state index in [4.69, 9.17) is 11.6 Å². The highest BCUT2D eigenvalue weighted by Gasteiger charge is 2.32. The number of nitrogens with one attached hydrogen (secondary N) is 1.